The molecule has 4 heteroatoms. The van der Waals surface area contributed by atoms with Crippen molar-refractivity contribution in [1.82, 2.24) is 0 Å². The van der Waals surface area contributed by atoms with Crippen molar-refractivity contribution in [3.05, 3.63) is 0 Å². The first-order chi connectivity index (χ1) is 8.24. The van der Waals surface area contributed by atoms with Gasteiger partial charge in [0.1, 0.15) is 0 Å². The Bertz CT molecular complexity index is 248. The number of ether oxygens (including phenoxy) is 1. The van der Waals surface area contributed by atoms with Crippen molar-refractivity contribution in [3.8, 4) is 0 Å². The van der Waals surface area contributed by atoms with Crippen molar-refractivity contribution in [2.24, 2.45) is 0 Å². The molecule has 1 aliphatic heterocycles. The van der Waals surface area contributed by atoms with Gasteiger partial charge < -0.3 is 14.3 Å². The van der Waals surface area contributed by atoms with Crippen LogP contribution in [0.5, 0.6) is 0 Å². The normalized spacial score (nSPS) is 27.0. The lowest BCUT2D eigenvalue weighted by atomic mass is 10.1. The fourth-order valence-electron chi connectivity index (χ4n) is 1.91. The van der Waals surface area contributed by atoms with Gasteiger partial charge in [0.25, 0.3) is 0 Å². The summed E-state index contributed by atoms with van der Waals surface area (Å²) >= 11 is 0. The summed E-state index contributed by atoms with van der Waals surface area (Å²) in [5, 5.41) is 10.2. The van der Waals surface area contributed by atoms with Gasteiger partial charge in [-0.2, -0.15) is 0 Å². The summed E-state index contributed by atoms with van der Waals surface area (Å²) in [5.74, 6) is 0. The molecule has 1 fully saturated rings. The Kier molecular flexibility index (Phi) is 5.84. The standard InChI is InChI=1S/C14H30O3Si/c1-14(2,3)18(4,5)17-11-9-13-12(15)8-6-7-10-16-13/h12-13,15H,6-11H2,1-5H3/t12-,13-/m0/s1. The largest absolute Gasteiger partial charge is 0.417 e. The van der Waals surface area contributed by atoms with Crippen molar-refractivity contribution < 1.29 is 14.3 Å². The monoisotopic (exact) mass is 274 g/mol. The van der Waals surface area contributed by atoms with Crippen molar-refractivity contribution in [2.75, 3.05) is 13.2 Å². The molecule has 0 unspecified atom stereocenters. The molecule has 0 radical (unpaired) electrons. The number of rotatable bonds is 4. The van der Waals surface area contributed by atoms with Gasteiger partial charge in [0.15, 0.2) is 8.32 Å². The van der Waals surface area contributed by atoms with E-state index in [2.05, 4.69) is 33.9 Å². The van der Waals surface area contributed by atoms with Crippen LogP contribution >= 0.6 is 0 Å². The highest BCUT2D eigenvalue weighted by Crippen LogP contribution is 2.36. The first-order valence-electron chi connectivity index (χ1n) is 7.18. The van der Waals surface area contributed by atoms with E-state index in [1.807, 2.05) is 0 Å². The highest BCUT2D eigenvalue weighted by molar-refractivity contribution is 6.74. The molecule has 0 saturated carbocycles. The van der Waals surface area contributed by atoms with Gasteiger partial charge >= 0.3 is 0 Å². The third-order valence-corrected chi connectivity index (χ3v) is 8.86. The van der Waals surface area contributed by atoms with Gasteiger partial charge in [-0.05, 0) is 43.8 Å². The van der Waals surface area contributed by atoms with Crippen LogP contribution in [-0.2, 0) is 9.16 Å². The number of hydrogen-bond acceptors (Lipinski definition) is 3. The summed E-state index contributed by atoms with van der Waals surface area (Å²) in [6.07, 6.45) is 3.48. The molecule has 108 valence electrons. The average Bonchev–Trinajstić information content (AvgIpc) is 2.42. The summed E-state index contributed by atoms with van der Waals surface area (Å²) < 4.78 is 11.8. The summed E-state index contributed by atoms with van der Waals surface area (Å²) in [6, 6.07) is 0. The van der Waals surface area contributed by atoms with Crippen LogP contribution in [0.25, 0.3) is 0 Å². The maximum Gasteiger partial charge on any atom is 0.191 e. The number of aliphatic hydroxyl groups excluding tert-OH is 1. The Balaban J connectivity index is 2.36. The highest BCUT2D eigenvalue weighted by atomic mass is 28.4. The summed E-state index contributed by atoms with van der Waals surface area (Å²) in [6.45, 7) is 12.7. The number of hydrogen-bond donors (Lipinski definition) is 1. The summed E-state index contributed by atoms with van der Waals surface area (Å²) in [5.41, 5.74) is 0. The van der Waals surface area contributed by atoms with E-state index in [-0.39, 0.29) is 17.2 Å². The van der Waals surface area contributed by atoms with E-state index >= 15 is 0 Å². The molecule has 0 amide bonds. The molecule has 0 aromatic carbocycles. The lowest BCUT2D eigenvalue weighted by molar-refractivity contribution is -0.0355. The van der Waals surface area contributed by atoms with Gasteiger partial charge in [0.05, 0.1) is 12.2 Å². The first-order valence-corrected chi connectivity index (χ1v) is 10.1. The average molecular weight is 274 g/mol. The fourth-order valence-corrected chi connectivity index (χ4v) is 2.97. The van der Waals surface area contributed by atoms with Gasteiger partial charge in [0.2, 0.25) is 0 Å². The molecule has 18 heavy (non-hydrogen) atoms. The Labute approximate surface area is 113 Å². The predicted molar refractivity (Wildman–Crippen MR) is 77.4 cm³/mol. The molecule has 1 N–H and O–H groups in total. The van der Waals surface area contributed by atoms with Crippen molar-refractivity contribution in [1.29, 1.82) is 0 Å². The van der Waals surface area contributed by atoms with Crippen LogP contribution in [0.3, 0.4) is 0 Å². The van der Waals surface area contributed by atoms with Crippen LogP contribution in [0.2, 0.25) is 18.1 Å². The zero-order valence-electron chi connectivity index (χ0n) is 12.7. The minimum atomic E-state index is -1.66. The highest BCUT2D eigenvalue weighted by Gasteiger charge is 2.37. The van der Waals surface area contributed by atoms with Crippen LogP contribution in [0.15, 0.2) is 0 Å². The third-order valence-electron chi connectivity index (χ3n) is 4.33. The minimum Gasteiger partial charge on any atom is -0.417 e. The molecule has 1 saturated heterocycles. The Morgan fingerprint density at radius 1 is 1.28 bits per heavy atom. The summed E-state index contributed by atoms with van der Waals surface area (Å²) in [4.78, 5) is 0. The zero-order valence-corrected chi connectivity index (χ0v) is 13.7. The summed E-state index contributed by atoms with van der Waals surface area (Å²) in [7, 11) is -1.66. The molecule has 1 heterocycles. The minimum absolute atomic E-state index is 0.0303. The fraction of sp³-hybridized carbons (Fsp3) is 1.00. The van der Waals surface area contributed by atoms with Gasteiger partial charge in [-0.3, -0.25) is 0 Å². The molecule has 0 aromatic heterocycles. The predicted octanol–water partition coefficient (Wildman–Crippen LogP) is 3.33. The molecule has 0 aliphatic carbocycles. The van der Waals surface area contributed by atoms with E-state index < -0.39 is 8.32 Å². The van der Waals surface area contributed by atoms with Crippen LogP contribution < -0.4 is 0 Å². The molecule has 1 aliphatic rings. The second kappa shape index (κ2) is 6.50. The van der Waals surface area contributed by atoms with E-state index in [1.54, 1.807) is 0 Å². The van der Waals surface area contributed by atoms with Gasteiger partial charge in [-0.15, -0.1) is 0 Å². The first kappa shape index (κ1) is 16.2. The quantitative estimate of drug-likeness (QED) is 0.799. The van der Waals surface area contributed by atoms with E-state index in [0.29, 0.717) is 6.61 Å². The molecule has 3 nitrogen and oxygen atoms in total. The van der Waals surface area contributed by atoms with Crippen LogP contribution in [0, 0.1) is 0 Å². The Hall–Kier alpha value is 0.0969. The molecule has 1 rings (SSSR count). The molecule has 0 aromatic rings. The van der Waals surface area contributed by atoms with Crippen molar-refractivity contribution in [2.45, 2.75) is 76.8 Å². The maximum absolute atomic E-state index is 9.97. The van der Waals surface area contributed by atoms with Crippen LogP contribution in [0.4, 0.5) is 0 Å². The van der Waals surface area contributed by atoms with Crippen LogP contribution in [0.1, 0.15) is 46.5 Å². The molecular weight excluding hydrogens is 244 g/mol. The van der Waals surface area contributed by atoms with Gasteiger partial charge in [-0.25, -0.2) is 0 Å². The SMILES string of the molecule is CC(C)(C)[Si](C)(C)OCC[C@@H]1OCCCC[C@@H]1O. The topological polar surface area (TPSA) is 38.7 Å². The number of aliphatic hydroxyl groups is 1. The second-order valence-corrected chi connectivity index (χ2v) is 11.7. The lowest BCUT2D eigenvalue weighted by Crippen LogP contribution is -2.42. The zero-order chi connectivity index (χ0) is 13.8. The molecular formula is C14H30O3Si. The van der Waals surface area contributed by atoms with E-state index in [1.165, 1.54) is 0 Å². The molecule has 2 atom stereocenters. The molecule has 0 spiro atoms. The van der Waals surface area contributed by atoms with Crippen molar-refractivity contribution in [3.63, 3.8) is 0 Å². The van der Waals surface area contributed by atoms with E-state index in [9.17, 15) is 5.11 Å². The van der Waals surface area contributed by atoms with E-state index in [0.717, 1.165) is 32.3 Å². The van der Waals surface area contributed by atoms with Crippen molar-refractivity contribution >= 4 is 8.32 Å². The van der Waals surface area contributed by atoms with Gasteiger partial charge in [0, 0.05) is 13.2 Å². The Morgan fingerprint density at radius 3 is 2.56 bits per heavy atom. The molecule has 0 bridgehead atoms. The van der Waals surface area contributed by atoms with Crippen LogP contribution in [-0.4, -0.2) is 38.8 Å². The Morgan fingerprint density at radius 2 is 1.94 bits per heavy atom. The second-order valence-electron chi connectivity index (χ2n) is 6.87. The van der Waals surface area contributed by atoms with E-state index in [4.69, 9.17) is 9.16 Å². The smallest absolute Gasteiger partial charge is 0.191 e. The van der Waals surface area contributed by atoms with Gasteiger partial charge in [-0.1, -0.05) is 20.8 Å². The maximum atomic E-state index is 9.97. The lowest BCUT2D eigenvalue weighted by Gasteiger charge is -2.36. The third kappa shape index (κ3) is 4.65.